The molecule has 1 rings (SSSR count). The highest BCUT2D eigenvalue weighted by Gasteiger charge is 1.92. The maximum Gasteiger partial charge on any atom is 0.120 e. The van der Waals surface area contributed by atoms with Gasteiger partial charge in [0.15, 0.2) is 0 Å². The smallest absolute Gasteiger partial charge is 0.120 e. The van der Waals surface area contributed by atoms with Gasteiger partial charge in [0, 0.05) is 29.5 Å². The predicted octanol–water partition coefficient (Wildman–Crippen LogP) is 2.41. The van der Waals surface area contributed by atoms with Crippen molar-refractivity contribution >= 4 is 27.9 Å². The molecule has 2 nitrogen and oxygen atoms in total. The third-order valence-electron chi connectivity index (χ3n) is 1.12. The maximum atomic E-state index is 9.98. The zero-order chi connectivity index (χ0) is 8.65. The van der Waals surface area contributed by atoms with E-state index in [4.69, 9.17) is 0 Å². The summed E-state index contributed by atoms with van der Waals surface area (Å²) in [6.07, 6.45) is 5.11. The van der Waals surface area contributed by atoms with Gasteiger partial charge in [0.25, 0.3) is 0 Å². The summed E-state index contributed by atoms with van der Waals surface area (Å²) in [7, 11) is 3.37. The lowest BCUT2D eigenvalue weighted by Crippen LogP contribution is -1.76. The van der Waals surface area contributed by atoms with Gasteiger partial charge in [-0.2, -0.15) is 0 Å². The number of nitrogens with zero attached hydrogens (tertiary/aromatic N) is 1. The van der Waals surface area contributed by atoms with E-state index in [2.05, 4.69) is 4.98 Å². The summed E-state index contributed by atoms with van der Waals surface area (Å²) in [6.45, 7) is 0. The molecule has 0 atom stereocenters. The van der Waals surface area contributed by atoms with Crippen LogP contribution in [0.25, 0.3) is 0 Å². The average molecular weight is 199 g/mol. The van der Waals surface area contributed by atoms with Gasteiger partial charge < -0.3 is 4.79 Å². The minimum absolute atomic E-state index is 0.628. The summed E-state index contributed by atoms with van der Waals surface area (Å²) in [5.41, 5.74) is 0. The molecule has 4 heteroatoms. The van der Waals surface area contributed by atoms with Crippen LogP contribution < -0.4 is 0 Å². The largest absolute Gasteiger partial charge is 0.303 e. The van der Waals surface area contributed by atoms with Crippen molar-refractivity contribution in [3.63, 3.8) is 0 Å². The summed E-state index contributed by atoms with van der Waals surface area (Å²) in [5.74, 6) is 0.872. The highest BCUT2D eigenvalue weighted by Crippen LogP contribution is 2.30. The first kappa shape index (κ1) is 9.61. The molecule has 1 aromatic heterocycles. The van der Waals surface area contributed by atoms with E-state index in [1.54, 1.807) is 34.0 Å². The third-order valence-corrected chi connectivity index (χ3v) is 3.54. The van der Waals surface area contributed by atoms with Gasteiger partial charge in [-0.1, -0.05) is 21.6 Å². The average Bonchev–Trinajstić information content (AvgIpc) is 2.14. The highest BCUT2D eigenvalue weighted by atomic mass is 33.1. The minimum atomic E-state index is 0.628. The van der Waals surface area contributed by atoms with Gasteiger partial charge in [-0.15, -0.1) is 0 Å². The van der Waals surface area contributed by atoms with Crippen LogP contribution in [0.2, 0.25) is 0 Å². The molecular weight excluding hydrogens is 190 g/mol. The second-order valence-corrected chi connectivity index (χ2v) is 4.53. The van der Waals surface area contributed by atoms with E-state index in [1.807, 2.05) is 12.1 Å². The lowest BCUT2D eigenvalue weighted by molar-refractivity contribution is -0.107. The molecule has 0 aromatic carbocycles. The van der Waals surface area contributed by atoms with Gasteiger partial charge in [-0.25, -0.2) is 0 Å². The van der Waals surface area contributed by atoms with Gasteiger partial charge in [0.2, 0.25) is 0 Å². The Morgan fingerprint density at radius 2 is 2.17 bits per heavy atom. The second-order valence-electron chi connectivity index (χ2n) is 2.04. The molecule has 0 N–H and O–H groups in total. The topological polar surface area (TPSA) is 30.0 Å². The molecule has 0 spiro atoms. The Hall–Kier alpha value is -0.480. The van der Waals surface area contributed by atoms with Crippen LogP contribution in [-0.4, -0.2) is 17.0 Å². The number of pyridine rings is 1. The number of hydrogen-bond acceptors (Lipinski definition) is 4. The van der Waals surface area contributed by atoms with Crippen molar-refractivity contribution in [3.05, 3.63) is 24.5 Å². The van der Waals surface area contributed by atoms with Crippen LogP contribution in [0.1, 0.15) is 6.42 Å². The Bertz CT molecular complexity index is 228. The van der Waals surface area contributed by atoms with Crippen molar-refractivity contribution in [1.29, 1.82) is 0 Å². The summed E-state index contributed by atoms with van der Waals surface area (Å²) in [4.78, 5) is 15.1. The van der Waals surface area contributed by atoms with E-state index < -0.39 is 0 Å². The van der Waals surface area contributed by atoms with Gasteiger partial charge in [0.1, 0.15) is 6.29 Å². The van der Waals surface area contributed by atoms with Crippen molar-refractivity contribution in [1.82, 2.24) is 4.98 Å². The van der Waals surface area contributed by atoms with Crippen LogP contribution in [0.5, 0.6) is 0 Å². The maximum absolute atomic E-state index is 9.98. The SMILES string of the molecule is O=CCCSSc1ccncc1. The molecular formula is C8H9NOS2. The normalized spacial score (nSPS) is 9.67. The molecule has 0 aliphatic carbocycles. The molecule has 0 aliphatic rings. The van der Waals surface area contributed by atoms with E-state index in [1.165, 1.54) is 4.90 Å². The predicted molar refractivity (Wildman–Crippen MR) is 53.2 cm³/mol. The number of carbonyl (C=O) groups excluding carboxylic acids is 1. The molecule has 0 bridgehead atoms. The summed E-state index contributed by atoms with van der Waals surface area (Å²) >= 11 is 0. The summed E-state index contributed by atoms with van der Waals surface area (Å²) in [5, 5.41) is 0. The van der Waals surface area contributed by atoms with E-state index in [9.17, 15) is 4.79 Å². The molecule has 12 heavy (non-hydrogen) atoms. The van der Waals surface area contributed by atoms with Crippen LogP contribution >= 0.6 is 21.6 Å². The van der Waals surface area contributed by atoms with Gasteiger partial charge in [-0.05, 0) is 12.1 Å². The zero-order valence-corrected chi connectivity index (χ0v) is 8.11. The fourth-order valence-corrected chi connectivity index (χ4v) is 2.52. The van der Waals surface area contributed by atoms with Gasteiger partial charge >= 0.3 is 0 Å². The Morgan fingerprint density at radius 1 is 1.42 bits per heavy atom. The van der Waals surface area contributed by atoms with Crippen LogP contribution in [0, 0.1) is 0 Å². The Morgan fingerprint density at radius 3 is 2.83 bits per heavy atom. The number of hydrogen-bond donors (Lipinski definition) is 0. The van der Waals surface area contributed by atoms with Crippen LogP contribution in [0.4, 0.5) is 0 Å². The fraction of sp³-hybridized carbons (Fsp3) is 0.250. The summed E-state index contributed by atoms with van der Waals surface area (Å²) in [6, 6.07) is 3.91. The first-order valence-electron chi connectivity index (χ1n) is 3.56. The molecule has 0 amide bonds. The van der Waals surface area contributed by atoms with Crippen molar-refractivity contribution in [2.24, 2.45) is 0 Å². The summed E-state index contributed by atoms with van der Waals surface area (Å²) < 4.78 is 0. The molecule has 0 saturated heterocycles. The monoisotopic (exact) mass is 199 g/mol. The first-order valence-corrected chi connectivity index (χ1v) is 5.88. The van der Waals surface area contributed by atoms with Crippen molar-refractivity contribution < 1.29 is 4.79 Å². The van der Waals surface area contributed by atoms with Crippen LogP contribution in [0.15, 0.2) is 29.4 Å². The molecule has 0 unspecified atom stereocenters. The number of carbonyl (C=O) groups is 1. The Balaban J connectivity index is 2.20. The molecule has 1 heterocycles. The lowest BCUT2D eigenvalue weighted by atomic mass is 10.5. The van der Waals surface area contributed by atoms with E-state index in [0.29, 0.717) is 6.42 Å². The van der Waals surface area contributed by atoms with Gasteiger partial charge in [0.05, 0.1) is 0 Å². The van der Waals surface area contributed by atoms with Crippen molar-refractivity contribution in [2.45, 2.75) is 11.3 Å². The number of rotatable bonds is 5. The molecule has 0 saturated carbocycles. The fourth-order valence-electron chi connectivity index (χ4n) is 0.600. The zero-order valence-electron chi connectivity index (χ0n) is 6.47. The molecule has 0 fully saturated rings. The number of aromatic nitrogens is 1. The lowest BCUT2D eigenvalue weighted by Gasteiger charge is -1.96. The molecule has 0 aliphatic heterocycles. The molecule has 0 radical (unpaired) electrons. The van der Waals surface area contributed by atoms with Crippen molar-refractivity contribution in [2.75, 3.05) is 5.75 Å². The minimum Gasteiger partial charge on any atom is -0.303 e. The Kier molecular flexibility index (Phi) is 4.87. The number of aldehydes is 1. The molecule has 1 aromatic rings. The highest BCUT2D eigenvalue weighted by molar-refractivity contribution is 8.76. The quantitative estimate of drug-likeness (QED) is 0.414. The van der Waals surface area contributed by atoms with Crippen molar-refractivity contribution in [3.8, 4) is 0 Å². The van der Waals surface area contributed by atoms with E-state index in [0.717, 1.165) is 12.0 Å². The van der Waals surface area contributed by atoms with Gasteiger partial charge in [-0.3, -0.25) is 4.98 Å². The molecule has 64 valence electrons. The third kappa shape index (κ3) is 3.78. The van der Waals surface area contributed by atoms with Crippen LogP contribution in [0.3, 0.4) is 0 Å². The standard InChI is InChI=1S/C8H9NOS2/c10-6-1-7-11-12-8-2-4-9-5-3-8/h2-6H,1,7H2. The van der Waals surface area contributed by atoms with Crippen LogP contribution in [-0.2, 0) is 4.79 Å². The Labute approximate surface area is 79.6 Å². The first-order chi connectivity index (χ1) is 5.93. The van der Waals surface area contributed by atoms with E-state index >= 15 is 0 Å². The second kappa shape index (κ2) is 6.08. The van der Waals surface area contributed by atoms with E-state index in [-0.39, 0.29) is 0 Å².